The van der Waals surface area contributed by atoms with Crippen molar-refractivity contribution in [3.8, 4) is 5.75 Å². The third kappa shape index (κ3) is 5.80. The van der Waals surface area contributed by atoms with Gasteiger partial charge in [0.1, 0.15) is 11.4 Å². The van der Waals surface area contributed by atoms with E-state index in [9.17, 15) is 4.79 Å². The van der Waals surface area contributed by atoms with Crippen molar-refractivity contribution in [1.29, 1.82) is 0 Å². The maximum atomic E-state index is 12.1. The molecule has 1 fully saturated rings. The molecule has 6 heteroatoms. The minimum absolute atomic E-state index is 0.214. The van der Waals surface area contributed by atoms with Gasteiger partial charge in [0, 0.05) is 31.4 Å². The highest BCUT2D eigenvalue weighted by molar-refractivity contribution is 5.68. The Morgan fingerprint density at radius 2 is 2.00 bits per heavy atom. The summed E-state index contributed by atoms with van der Waals surface area (Å²) in [6.45, 7) is 10.1. The number of amides is 1. The van der Waals surface area contributed by atoms with Gasteiger partial charge in [-0.25, -0.2) is 4.79 Å². The van der Waals surface area contributed by atoms with Crippen molar-refractivity contribution in [3.63, 3.8) is 0 Å². The molecule has 1 atom stereocenters. The largest absolute Gasteiger partial charge is 0.497 e. The van der Waals surface area contributed by atoms with E-state index in [-0.39, 0.29) is 12.0 Å². The predicted octanol–water partition coefficient (Wildman–Crippen LogP) is 3.37. The third-order valence-corrected chi connectivity index (χ3v) is 4.68. The number of nitrogen functional groups attached to an aromatic ring is 1. The van der Waals surface area contributed by atoms with Gasteiger partial charge < -0.3 is 25.4 Å². The summed E-state index contributed by atoms with van der Waals surface area (Å²) in [5, 5.41) is 3.62. The SMILES string of the molecule is COc1ccc(N)c(C(C)CNC2CCN(C(=O)OC(C)(C)C)CC2)c1. The second-order valence-corrected chi connectivity index (χ2v) is 8.05. The monoisotopic (exact) mass is 363 g/mol. The second-order valence-electron chi connectivity index (χ2n) is 8.05. The van der Waals surface area contributed by atoms with E-state index in [2.05, 4.69) is 12.2 Å². The molecule has 1 amide bonds. The van der Waals surface area contributed by atoms with Gasteiger partial charge in [0.05, 0.1) is 7.11 Å². The highest BCUT2D eigenvalue weighted by Gasteiger charge is 2.27. The number of piperidine rings is 1. The van der Waals surface area contributed by atoms with Crippen LogP contribution in [0.5, 0.6) is 5.75 Å². The molecule has 1 unspecified atom stereocenters. The van der Waals surface area contributed by atoms with Crippen LogP contribution in [-0.2, 0) is 4.74 Å². The highest BCUT2D eigenvalue weighted by atomic mass is 16.6. The molecule has 0 spiro atoms. The van der Waals surface area contributed by atoms with Crippen molar-refractivity contribution >= 4 is 11.8 Å². The van der Waals surface area contributed by atoms with Crippen LogP contribution in [0.1, 0.15) is 52.0 Å². The average Bonchev–Trinajstić information content (AvgIpc) is 2.59. The molecular weight excluding hydrogens is 330 g/mol. The van der Waals surface area contributed by atoms with E-state index < -0.39 is 5.60 Å². The van der Waals surface area contributed by atoms with Crippen LogP contribution >= 0.6 is 0 Å². The molecule has 1 saturated heterocycles. The zero-order valence-corrected chi connectivity index (χ0v) is 16.7. The van der Waals surface area contributed by atoms with Crippen LogP contribution in [0.3, 0.4) is 0 Å². The molecule has 1 aromatic carbocycles. The van der Waals surface area contributed by atoms with Gasteiger partial charge >= 0.3 is 6.09 Å². The highest BCUT2D eigenvalue weighted by Crippen LogP contribution is 2.26. The lowest BCUT2D eigenvalue weighted by atomic mass is 9.97. The summed E-state index contributed by atoms with van der Waals surface area (Å²) >= 11 is 0. The number of carbonyl (C=O) groups is 1. The van der Waals surface area contributed by atoms with Crippen LogP contribution in [0.15, 0.2) is 18.2 Å². The molecule has 3 N–H and O–H groups in total. The van der Waals surface area contributed by atoms with Crippen molar-refractivity contribution in [2.24, 2.45) is 0 Å². The van der Waals surface area contributed by atoms with E-state index in [0.29, 0.717) is 6.04 Å². The smallest absolute Gasteiger partial charge is 0.410 e. The quantitative estimate of drug-likeness (QED) is 0.785. The Morgan fingerprint density at radius 1 is 1.35 bits per heavy atom. The van der Waals surface area contributed by atoms with Gasteiger partial charge in [0.2, 0.25) is 0 Å². The van der Waals surface area contributed by atoms with Gasteiger partial charge in [-0.05, 0) is 63.3 Å². The van der Waals surface area contributed by atoms with Crippen molar-refractivity contribution in [3.05, 3.63) is 23.8 Å². The fourth-order valence-electron chi connectivity index (χ4n) is 3.15. The first-order valence-electron chi connectivity index (χ1n) is 9.34. The summed E-state index contributed by atoms with van der Waals surface area (Å²) in [5.41, 5.74) is 7.56. The molecule has 0 aromatic heterocycles. The topological polar surface area (TPSA) is 76.8 Å². The number of anilines is 1. The van der Waals surface area contributed by atoms with E-state index in [1.54, 1.807) is 12.0 Å². The van der Waals surface area contributed by atoms with Crippen LogP contribution in [0.4, 0.5) is 10.5 Å². The number of benzene rings is 1. The van der Waals surface area contributed by atoms with E-state index in [0.717, 1.165) is 49.5 Å². The van der Waals surface area contributed by atoms with Crippen LogP contribution in [0.2, 0.25) is 0 Å². The normalized spacial score (nSPS) is 17.0. The molecule has 0 radical (unpaired) electrons. The molecule has 1 heterocycles. The van der Waals surface area contributed by atoms with Gasteiger partial charge in [0.15, 0.2) is 0 Å². The standard InChI is InChI=1S/C20H33N3O3/c1-14(17-12-16(25-5)6-7-18(17)21)13-22-15-8-10-23(11-9-15)19(24)26-20(2,3)4/h6-7,12,14-15,22H,8-11,13,21H2,1-5H3. The first-order valence-corrected chi connectivity index (χ1v) is 9.34. The Balaban J connectivity index is 1.80. The second kappa shape index (κ2) is 8.62. The number of nitrogens with two attached hydrogens (primary N) is 1. The summed E-state index contributed by atoms with van der Waals surface area (Å²) in [4.78, 5) is 13.9. The fraction of sp³-hybridized carbons (Fsp3) is 0.650. The fourth-order valence-corrected chi connectivity index (χ4v) is 3.15. The van der Waals surface area contributed by atoms with Gasteiger partial charge in [-0.15, -0.1) is 0 Å². The molecule has 0 aliphatic carbocycles. The minimum Gasteiger partial charge on any atom is -0.497 e. The summed E-state index contributed by atoms with van der Waals surface area (Å²) in [7, 11) is 1.66. The van der Waals surface area contributed by atoms with Crippen molar-refractivity contribution in [2.45, 2.75) is 58.1 Å². The molecular formula is C20H33N3O3. The molecule has 0 saturated carbocycles. The van der Waals surface area contributed by atoms with E-state index in [1.807, 2.05) is 39.0 Å². The number of methoxy groups -OCH3 is 1. The van der Waals surface area contributed by atoms with Crippen molar-refractivity contribution in [1.82, 2.24) is 10.2 Å². The van der Waals surface area contributed by atoms with Crippen LogP contribution < -0.4 is 15.8 Å². The molecule has 1 aromatic rings. The predicted molar refractivity (Wildman–Crippen MR) is 105 cm³/mol. The zero-order valence-electron chi connectivity index (χ0n) is 16.7. The van der Waals surface area contributed by atoms with Crippen molar-refractivity contribution in [2.75, 3.05) is 32.5 Å². The van der Waals surface area contributed by atoms with Gasteiger partial charge in [0.25, 0.3) is 0 Å². The maximum absolute atomic E-state index is 12.1. The molecule has 26 heavy (non-hydrogen) atoms. The Labute approximate surface area is 157 Å². The third-order valence-electron chi connectivity index (χ3n) is 4.68. The van der Waals surface area contributed by atoms with Crippen LogP contribution in [0.25, 0.3) is 0 Å². The maximum Gasteiger partial charge on any atom is 0.410 e. The van der Waals surface area contributed by atoms with Gasteiger partial charge in [-0.3, -0.25) is 0 Å². The first-order chi connectivity index (χ1) is 12.2. The zero-order chi connectivity index (χ0) is 19.3. The van der Waals surface area contributed by atoms with Gasteiger partial charge in [-0.2, -0.15) is 0 Å². The van der Waals surface area contributed by atoms with Crippen LogP contribution in [-0.4, -0.2) is 49.4 Å². The Hall–Kier alpha value is -1.95. The minimum atomic E-state index is -0.446. The van der Waals surface area contributed by atoms with E-state index in [4.69, 9.17) is 15.2 Å². The lowest BCUT2D eigenvalue weighted by Crippen LogP contribution is -2.47. The average molecular weight is 364 g/mol. The Kier molecular flexibility index (Phi) is 6.75. The number of nitrogens with zero attached hydrogens (tertiary/aromatic N) is 1. The number of hydrogen-bond donors (Lipinski definition) is 2. The number of nitrogens with one attached hydrogen (secondary N) is 1. The van der Waals surface area contributed by atoms with Crippen LogP contribution in [0, 0.1) is 0 Å². The number of hydrogen-bond acceptors (Lipinski definition) is 5. The molecule has 146 valence electrons. The van der Waals surface area contributed by atoms with Crippen molar-refractivity contribution < 1.29 is 14.3 Å². The Morgan fingerprint density at radius 3 is 2.58 bits per heavy atom. The first kappa shape index (κ1) is 20.4. The summed E-state index contributed by atoms with van der Waals surface area (Å²) in [6.07, 6.45) is 1.65. The molecule has 2 rings (SSSR count). The molecule has 6 nitrogen and oxygen atoms in total. The summed E-state index contributed by atoms with van der Waals surface area (Å²) < 4.78 is 10.7. The molecule has 1 aliphatic heterocycles. The summed E-state index contributed by atoms with van der Waals surface area (Å²) in [6, 6.07) is 6.19. The Bertz CT molecular complexity index is 605. The van der Waals surface area contributed by atoms with E-state index >= 15 is 0 Å². The number of likely N-dealkylation sites (tertiary alicyclic amines) is 1. The number of rotatable bonds is 5. The van der Waals surface area contributed by atoms with Gasteiger partial charge in [-0.1, -0.05) is 6.92 Å². The van der Waals surface area contributed by atoms with E-state index in [1.165, 1.54) is 0 Å². The molecule has 1 aliphatic rings. The molecule has 0 bridgehead atoms. The lowest BCUT2D eigenvalue weighted by Gasteiger charge is -2.34. The lowest BCUT2D eigenvalue weighted by molar-refractivity contribution is 0.0198. The number of ether oxygens (including phenoxy) is 2. The number of carbonyl (C=O) groups excluding carboxylic acids is 1. The summed E-state index contributed by atoms with van der Waals surface area (Å²) in [5.74, 6) is 1.11.